The monoisotopic (exact) mass is 635 g/mol. The largest absolute Gasteiger partial charge is 0.309 e. The molecule has 230 valence electrons. The molecule has 5 heteroatoms. The predicted octanol–water partition coefficient (Wildman–Crippen LogP) is 10.8. The van der Waals surface area contributed by atoms with Gasteiger partial charge in [-0.2, -0.15) is 15.8 Å². The van der Waals surface area contributed by atoms with Crippen LogP contribution in [0.5, 0.6) is 0 Å². The minimum atomic E-state index is 0.464. The zero-order valence-corrected chi connectivity index (χ0v) is 26.7. The predicted molar refractivity (Wildman–Crippen MR) is 200 cm³/mol. The number of nitrogens with zero attached hydrogens (tertiary/aromatic N) is 5. The Kier molecular flexibility index (Phi) is 6.56. The van der Waals surface area contributed by atoms with Crippen LogP contribution in [0.4, 0.5) is 0 Å². The molecule has 2 aromatic heterocycles. The first kappa shape index (κ1) is 28.8. The van der Waals surface area contributed by atoms with Crippen LogP contribution in [0.2, 0.25) is 0 Å². The molecule has 7 aromatic carbocycles. The fraction of sp³-hybridized carbons (Fsp3) is 0. The first-order valence-corrected chi connectivity index (χ1v) is 16.3. The van der Waals surface area contributed by atoms with Crippen molar-refractivity contribution in [1.29, 1.82) is 15.8 Å². The van der Waals surface area contributed by atoms with E-state index in [1.54, 1.807) is 0 Å². The first-order chi connectivity index (χ1) is 24.7. The van der Waals surface area contributed by atoms with Crippen LogP contribution in [0.1, 0.15) is 16.7 Å². The number of nitriles is 3. The van der Waals surface area contributed by atoms with Crippen LogP contribution >= 0.6 is 0 Å². The molecule has 2 heterocycles. The van der Waals surface area contributed by atoms with Gasteiger partial charge in [0.2, 0.25) is 0 Å². The first-order valence-electron chi connectivity index (χ1n) is 16.3. The molecule has 0 aliphatic carbocycles. The van der Waals surface area contributed by atoms with Crippen molar-refractivity contribution in [1.82, 2.24) is 9.13 Å². The van der Waals surface area contributed by atoms with Crippen LogP contribution in [-0.4, -0.2) is 9.13 Å². The van der Waals surface area contributed by atoms with Gasteiger partial charge in [0.05, 0.1) is 62.7 Å². The molecule has 0 bridgehead atoms. The van der Waals surface area contributed by atoms with Gasteiger partial charge in [-0.3, -0.25) is 0 Å². The Bertz CT molecular complexity index is 2920. The second-order valence-corrected chi connectivity index (χ2v) is 12.3. The fourth-order valence-corrected chi connectivity index (χ4v) is 7.45. The molecule has 0 amide bonds. The maximum absolute atomic E-state index is 10.5. The summed E-state index contributed by atoms with van der Waals surface area (Å²) in [5.41, 5.74) is 10.9. The SMILES string of the molecule is N#Cc1ccc2c(c1)c1ccccc1n2-c1ccc(-c2cc(-c3ccccc3-n3c4ccccc4c4ccccc43)ccc2C#N)c(C#N)c1. The average molecular weight is 636 g/mol. The molecule has 9 rings (SSSR count). The highest BCUT2D eigenvalue weighted by Crippen LogP contribution is 2.39. The van der Waals surface area contributed by atoms with E-state index in [4.69, 9.17) is 0 Å². The molecule has 5 nitrogen and oxygen atoms in total. The zero-order chi connectivity index (χ0) is 33.8. The summed E-state index contributed by atoms with van der Waals surface area (Å²) in [5, 5.41) is 34.7. The summed E-state index contributed by atoms with van der Waals surface area (Å²) in [5.74, 6) is 0. The molecule has 0 saturated heterocycles. The zero-order valence-electron chi connectivity index (χ0n) is 26.7. The van der Waals surface area contributed by atoms with E-state index in [1.165, 1.54) is 10.8 Å². The Morgan fingerprint density at radius 3 is 1.66 bits per heavy atom. The van der Waals surface area contributed by atoms with Crippen molar-refractivity contribution in [3.63, 3.8) is 0 Å². The Morgan fingerprint density at radius 1 is 0.380 bits per heavy atom. The summed E-state index contributed by atoms with van der Waals surface area (Å²) >= 11 is 0. The maximum atomic E-state index is 10.5. The molecule has 0 fully saturated rings. The van der Waals surface area contributed by atoms with Crippen molar-refractivity contribution in [2.24, 2.45) is 0 Å². The summed E-state index contributed by atoms with van der Waals surface area (Å²) in [6.45, 7) is 0. The van der Waals surface area contributed by atoms with Crippen LogP contribution in [0.15, 0.2) is 152 Å². The molecule has 0 atom stereocenters. The molecule has 0 N–H and O–H groups in total. The van der Waals surface area contributed by atoms with Gasteiger partial charge < -0.3 is 9.13 Å². The smallest absolute Gasteiger partial charge is 0.0998 e. The summed E-state index contributed by atoms with van der Waals surface area (Å²) in [6.07, 6.45) is 0. The number of benzene rings is 7. The number of hydrogen-bond acceptors (Lipinski definition) is 3. The van der Waals surface area contributed by atoms with Crippen molar-refractivity contribution < 1.29 is 0 Å². The molecule has 0 aliphatic rings. The van der Waals surface area contributed by atoms with Crippen molar-refractivity contribution >= 4 is 43.6 Å². The molecule has 0 radical (unpaired) electrons. The van der Waals surface area contributed by atoms with E-state index >= 15 is 0 Å². The Hall–Kier alpha value is -7.39. The number of hydrogen-bond donors (Lipinski definition) is 0. The van der Waals surface area contributed by atoms with Crippen LogP contribution < -0.4 is 0 Å². The highest BCUT2D eigenvalue weighted by Gasteiger charge is 2.19. The lowest BCUT2D eigenvalue weighted by atomic mass is 9.91. The van der Waals surface area contributed by atoms with E-state index in [-0.39, 0.29) is 0 Å². The molecule has 0 spiro atoms. The van der Waals surface area contributed by atoms with E-state index in [0.717, 1.165) is 55.3 Å². The Labute approximate surface area is 287 Å². The van der Waals surface area contributed by atoms with E-state index < -0.39 is 0 Å². The Morgan fingerprint density at radius 2 is 0.980 bits per heavy atom. The highest BCUT2D eigenvalue weighted by atomic mass is 15.0. The second-order valence-electron chi connectivity index (χ2n) is 12.3. The molecule has 0 saturated carbocycles. The van der Waals surface area contributed by atoms with Crippen molar-refractivity contribution in [2.75, 3.05) is 0 Å². The van der Waals surface area contributed by atoms with Gasteiger partial charge in [-0.25, -0.2) is 0 Å². The number of aromatic nitrogens is 2. The summed E-state index contributed by atoms with van der Waals surface area (Å²) in [4.78, 5) is 0. The minimum Gasteiger partial charge on any atom is -0.309 e. The third kappa shape index (κ3) is 4.31. The standard InChI is InChI=1S/C45H25N5/c46-26-29-17-22-45-40(23-29)38-12-4-6-14-42(38)49(45)33-20-21-34(32(24-33)28-48)39-25-30(18-19-31(39)27-47)35-9-1-5-13-41(35)50-43-15-7-2-10-36(43)37-11-3-8-16-44(37)50/h1-25H. The lowest BCUT2D eigenvalue weighted by Crippen LogP contribution is -1.98. The normalized spacial score (nSPS) is 11.1. The summed E-state index contributed by atoms with van der Waals surface area (Å²) < 4.78 is 4.43. The highest BCUT2D eigenvalue weighted by molar-refractivity contribution is 6.11. The van der Waals surface area contributed by atoms with E-state index in [2.05, 4.69) is 100 Å². The van der Waals surface area contributed by atoms with E-state index in [0.29, 0.717) is 27.8 Å². The molecule has 9 aromatic rings. The van der Waals surface area contributed by atoms with E-state index in [9.17, 15) is 15.8 Å². The minimum absolute atomic E-state index is 0.464. The number of fused-ring (bicyclic) bond motifs is 6. The second kappa shape index (κ2) is 11.4. The van der Waals surface area contributed by atoms with Gasteiger partial charge in [0.15, 0.2) is 0 Å². The van der Waals surface area contributed by atoms with Crippen molar-refractivity contribution in [3.05, 3.63) is 168 Å². The van der Waals surface area contributed by atoms with Crippen LogP contribution in [0.3, 0.4) is 0 Å². The van der Waals surface area contributed by atoms with Gasteiger partial charge in [0.1, 0.15) is 0 Å². The van der Waals surface area contributed by atoms with Gasteiger partial charge in [0.25, 0.3) is 0 Å². The molecule has 0 aliphatic heterocycles. The topological polar surface area (TPSA) is 81.2 Å². The van der Waals surface area contributed by atoms with Gasteiger partial charge >= 0.3 is 0 Å². The third-order valence-electron chi connectivity index (χ3n) is 9.65. The van der Waals surface area contributed by atoms with Gasteiger partial charge in [0, 0.05) is 43.9 Å². The average Bonchev–Trinajstić information content (AvgIpc) is 3.70. The number of rotatable bonds is 4. The lowest BCUT2D eigenvalue weighted by molar-refractivity contribution is 1.18. The van der Waals surface area contributed by atoms with Crippen LogP contribution in [0.25, 0.3) is 77.2 Å². The lowest BCUT2D eigenvalue weighted by Gasteiger charge is -2.16. The summed E-state index contributed by atoms with van der Waals surface area (Å²) in [7, 11) is 0. The van der Waals surface area contributed by atoms with Gasteiger partial charge in [-0.1, -0.05) is 84.9 Å². The number of para-hydroxylation sites is 4. The van der Waals surface area contributed by atoms with Crippen LogP contribution in [-0.2, 0) is 0 Å². The molecule has 0 unspecified atom stereocenters. The Balaban J connectivity index is 1.22. The van der Waals surface area contributed by atoms with Crippen molar-refractivity contribution in [2.45, 2.75) is 0 Å². The third-order valence-corrected chi connectivity index (χ3v) is 9.65. The quantitative estimate of drug-likeness (QED) is 0.193. The van der Waals surface area contributed by atoms with Gasteiger partial charge in [-0.15, -0.1) is 0 Å². The van der Waals surface area contributed by atoms with Crippen LogP contribution in [0, 0.1) is 34.0 Å². The fourth-order valence-electron chi connectivity index (χ4n) is 7.45. The summed E-state index contributed by atoms with van der Waals surface area (Å²) in [6, 6.07) is 57.7. The van der Waals surface area contributed by atoms with E-state index in [1.807, 2.05) is 78.9 Å². The maximum Gasteiger partial charge on any atom is 0.0998 e. The molecular formula is C45H25N5. The molecule has 50 heavy (non-hydrogen) atoms. The molecular weight excluding hydrogens is 611 g/mol. The van der Waals surface area contributed by atoms with Gasteiger partial charge in [-0.05, 0) is 72.3 Å². The van der Waals surface area contributed by atoms with Crippen molar-refractivity contribution in [3.8, 4) is 51.8 Å².